The van der Waals surface area contributed by atoms with Crippen LogP contribution >= 0.6 is 0 Å². The molecule has 1 N–H and O–H groups in total. The maximum Gasteiger partial charge on any atom is 0.253 e. The van der Waals surface area contributed by atoms with Gasteiger partial charge in [0, 0.05) is 68.0 Å². The predicted octanol–water partition coefficient (Wildman–Crippen LogP) is 2.82. The Morgan fingerprint density at radius 3 is 2.70 bits per heavy atom. The van der Waals surface area contributed by atoms with Gasteiger partial charge >= 0.3 is 0 Å². The summed E-state index contributed by atoms with van der Waals surface area (Å²) in [6.07, 6.45) is 9.40. The molecule has 2 aromatic heterocycles. The maximum atomic E-state index is 13.4. The molecule has 7 nitrogen and oxygen atoms in total. The van der Waals surface area contributed by atoms with Crippen LogP contribution in [0.4, 0.5) is 0 Å². The van der Waals surface area contributed by atoms with E-state index in [1.807, 2.05) is 0 Å². The van der Waals surface area contributed by atoms with Gasteiger partial charge in [-0.05, 0) is 43.2 Å². The van der Waals surface area contributed by atoms with Crippen LogP contribution in [0.15, 0.2) is 53.8 Å². The first-order chi connectivity index (χ1) is 16.2. The fourth-order valence-corrected chi connectivity index (χ4v) is 5.02. The van der Waals surface area contributed by atoms with Gasteiger partial charge in [0.2, 0.25) is 0 Å². The van der Waals surface area contributed by atoms with Crippen molar-refractivity contribution in [2.24, 2.45) is 0 Å². The quantitative estimate of drug-likeness (QED) is 0.593. The topological polar surface area (TPSA) is 80.1 Å². The summed E-state index contributed by atoms with van der Waals surface area (Å²) in [5, 5.41) is 3.12. The highest BCUT2D eigenvalue weighted by Crippen LogP contribution is 2.27. The second-order valence-electron chi connectivity index (χ2n) is 8.86. The van der Waals surface area contributed by atoms with E-state index >= 15 is 0 Å². The highest BCUT2D eigenvalue weighted by Gasteiger charge is 2.24. The minimum atomic E-state index is -0.122. The second kappa shape index (κ2) is 9.67. The first-order valence-corrected chi connectivity index (χ1v) is 11.8. The van der Waals surface area contributed by atoms with Crippen molar-refractivity contribution in [3.63, 3.8) is 0 Å². The molecule has 1 amide bonds. The number of carbonyl (C=O) groups is 1. The van der Waals surface area contributed by atoms with Crippen molar-refractivity contribution in [1.29, 1.82) is 0 Å². The molecule has 3 aromatic rings. The number of benzene rings is 1. The molecule has 0 saturated heterocycles. The Morgan fingerprint density at radius 2 is 1.85 bits per heavy atom. The van der Waals surface area contributed by atoms with Gasteiger partial charge in [0.1, 0.15) is 6.33 Å². The first kappa shape index (κ1) is 21.5. The smallest absolute Gasteiger partial charge is 0.253 e. The number of pyridine rings is 1. The van der Waals surface area contributed by atoms with Gasteiger partial charge in [-0.1, -0.05) is 24.3 Å². The fraction of sp³-hybridized carbons (Fsp3) is 0.385. The van der Waals surface area contributed by atoms with Gasteiger partial charge in [-0.15, -0.1) is 0 Å². The summed E-state index contributed by atoms with van der Waals surface area (Å²) in [6, 6.07) is 10.2. The molecule has 1 aromatic carbocycles. The number of rotatable bonds is 6. The number of hydrogen-bond acceptors (Lipinski definition) is 5. The molecule has 0 radical (unpaired) electrons. The van der Waals surface area contributed by atoms with E-state index in [4.69, 9.17) is 0 Å². The van der Waals surface area contributed by atoms with Gasteiger partial charge in [0.15, 0.2) is 0 Å². The maximum absolute atomic E-state index is 13.4. The average Bonchev–Trinajstić information content (AvgIpc) is 2.87. The summed E-state index contributed by atoms with van der Waals surface area (Å²) in [5.74, 6) is -0.122. The molecule has 170 valence electrons. The van der Waals surface area contributed by atoms with E-state index in [2.05, 4.69) is 44.5 Å². The Kier molecular flexibility index (Phi) is 6.30. The van der Waals surface area contributed by atoms with Crippen molar-refractivity contribution in [3.05, 3.63) is 81.8 Å². The Morgan fingerprint density at radius 1 is 1.03 bits per heavy atom. The lowest BCUT2D eigenvalue weighted by atomic mass is 9.95. The Bertz CT molecular complexity index is 1210. The molecule has 0 saturated carbocycles. The van der Waals surface area contributed by atoms with E-state index in [9.17, 15) is 9.59 Å². The average molecular weight is 444 g/mol. The summed E-state index contributed by atoms with van der Waals surface area (Å²) in [5.41, 5.74) is 5.53. The molecule has 4 heterocycles. The zero-order valence-electron chi connectivity index (χ0n) is 18.8. The molecule has 0 unspecified atom stereocenters. The van der Waals surface area contributed by atoms with E-state index < -0.39 is 0 Å². The lowest BCUT2D eigenvalue weighted by molar-refractivity contribution is 0.0949. The van der Waals surface area contributed by atoms with Gasteiger partial charge in [-0.2, -0.15) is 0 Å². The van der Waals surface area contributed by atoms with Gasteiger partial charge in [-0.25, -0.2) is 9.97 Å². The van der Waals surface area contributed by atoms with Crippen molar-refractivity contribution in [2.45, 2.75) is 45.2 Å². The Hall–Kier alpha value is -3.32. The van der Waals surface area contributed by atoms with Crippen LogP contribution in [-0.2, 0) is 25.9 Å². The molecule has 0 aliphatic carbocycles. The predicted molar refractivity (Wildman–Crippen MR) is 127 cm³/mol. The third-order valence-electron chi connectivity index (χ3n) is 6.71. The van der Waals surface area contributed by atoms with Crippen molar-refractivity contribution in [1.82, 2.24) is 24.8 Å². The fourth-order valence-electron chi connectivity index (χ4n) is 5.02. The number of carbonyl (C=O) groups excluding carboxylic acids is 1. The standard InChI is InChI=1S/C26H29N5O2/c32-24-14-22(21-15-27-18-28-16-21)25(23-8-3-4-12-31(23)24)26(33)29-10-5-11-30-13-9-19-6-1-2-7-20(19)17-30/h1-2,6-7,14-16,18H,3-5,8-13,17H2,(H,29,33). The molecule has 0 spiro atoms. The molecule has 33 heavy (non-hydrogen) atoms. The van der Waals surface area contributed by atoms with Crippen LogP contribution in [0.2, 0.25) is 0 Å². The number of aromatic nitrogens is 3. The highest BCUT2D eigenvalue weighted by molar-refractivity contribution is 6.01. The van der Waals surface area contributed by atoms with E-state index in [0.717, 1.165) is 57.4 Å². The first-order valence-electron chi connectivity index (χ1n) is 11.8. The summed E-state index contributed by atoms with van der Waals surface area (Å²) in [4.78, 5) is 36.7. The third-order valence-corrected chi connectivity index (χ3v) is 6.71. The molecule has 2 aliphatic rings. The van der Waals surface area contributed by atoms with Crippen molar-refractivity contribution in [3.8, 4) is 11.1 Å². The highest BCUT2D eigenvalue weighted by atomic mass is 16.2. The number of fused-ring (bicyclic) bond motifs is 2. The lowest BCUT2D eigenvalue weighted by Gasteiger charge is -2.28. The van der Waals surface area contributed by atoms with Crippen molar-refractivity contribution >= 4 is 5.91 Å². The number of nitrogens with zero attached hydrogens (tertiary/aromatic N) is 4. The zero-order valence-corrected chi connectivity index (χ0v) is 18.8. The molecule has 2 aliphatic heterocycles. The van der Waals surface area contributed by atoms with E-state index in [1.54, 1.807) is 23.0 Å². The zero-order chi connectivity index (χ0) is 22.6. The number of nitrogens with one attached hydrogen (secondary N) is 1. The van der Waals surface area contributed by atoms with E-state index in [-0.39, 0.29) is 11.5 Å². The third kappa shape index (κ3) is 4.59. The largest absolute Gasteiger partial charge is 0.352 e. The minimum absolute atomic E-state index is 0.0644. The summed E-state index contributed by atoms with van der Waals surface area (Å²) in [7, 11) is 0. The molecule has 0 atom stereocenters. The van der Waals surface area contributed by atoms with Gasteiger partial charge in [0.25, 0.3) is 11.5 Å². The molecule has 7 heteroatoms. The molecular formula is C26H29N5O2. The molecule has 0 fully saturated rings. The Balaban J connectivity index is 1.29. The van der Waals surface area contributed by atoms with Gasteiger partial charge in [-0.3, -0.25) is 14.5 Å². The molecule has 0 bridgehead atoms. The summed E-state index contributed by atoms with van der Waals surface area (Å²) >= 11 is 0. The van der Waals surface area contributed by atoms with Gasteiger partial charge in [0.05, 0.1) is 5.56 Å². The van der Waals surface area contributed by atoms with Gasteiger partial charge < -0.3 is 9.88 Å². The van der Waals surface area contributed by atoms with Crippen molar-refractivity contribution < 1.29 is 4.79 Å². The monoisotopic (exact) mass is 443 g/mol. The molecular weight excluding hydrogens is 414 g/mol. The Labute approximate surface area is 193 Å². The second-order valence-corrected chi connectivity index (χ2v) is 8.86. The van der Waals surface area contributed by atoms with E-state index in [0.29, 0.717) is 29.8 Å². The lowest BCUT2D eigenvalue weighted by Crippen LogP contribution is -2.35. The van der Waals surface area contributed by atoms with Crippen LogP contribution in [0.1, 0.15) is 46.4 Å². The van der Waals surface area contributed by atoms with Crippen molar-refractivity contribution in [2.75, 3.05) is 19.6 Å². The SMILES string of the molecule is O=C(NCCCN1CCc2ccccc2C1)c1c(-c2cncnc2)cc(=O)n2c1CCCC2. The minimum Gasteiger partial charge on any atom is -0.352 e. The van der Waals surface area contributed by atoms with E-state index in [1.165, 1.54) is 17.5 Å². The summed E-state index contributed by atoms with van der Waals surface area (Å²) in [6.45, 7) is 4.23. The van der Waals surface area contributed by atoms with Crippen LogP contribution in [0.25, 0.3) is 11.1 Å². The van der Waals surface area contributed by atoms with Crippen LogP contribution < -0.4 is 10.9 Å². The number of hydrogen-bond donors (Lipinski definition) is 1. The van der Waals surface area contributed by atoms with Crippen LogP contribution in [0.5, 0.6) is 0 Å². The summed E-state index contributed by atoms with van der Waals surface area (Å²) < 4.78 is 1.76. The normalized spacial score (nSPS) is 15.5. The number of amides is 1. The van der Waals surface area contributed by atoms with Crippen LogP contribution in [-0.4, -0.2) is 45.0 Å². The van der Waals surface area contributed by atoms with Crippen LogP contribution in [0.3, 0.4) is 0 Å². The molecule has 5 rings (SSSR count). The van der Waals surface area contributed by atoms with Crippen LogP contribution in [0, 0.1) is 0 Å².